The summed E-state index contributed by atoms with van der Waals surface area (Å²) >= 11 is 0. The first-order valence-electron chi connectivity index (χ1n) is 6.69. The summed E-state index contributed by atoms with van der Waals surface area (Å²) in [5.41, 5.74) is -0.538. The lowest BCUT2D eigenvalue weighted by atomic mass is 9.94. The predicted octanol–water partition coefficient (Wildman–Crippen LogP) is -0.0127. The van der Waals surface area contributed by atoms with E-state index in [9.17, 15) is 14.4 Å². The van der Waals surface area contributed by atoms with Crippen LogP contribution in [-0.4, -0.2) is 59.1 Å². The first-order valence-corrected chi connectivity index (χ1v) is 6.69. The van der Waals surface area contributed by atoms with E-state index in [4.69, 9.17) is 5.21 Å². The molecule has 0 aromatic carbocycles. The van der Waals surface area contributed by atoms with Gasteiger partial charge >= 0.3 is 0 Å². The molecule has 0 bridgehead atoms. The van der Waals surface area contributed by atoms with Crippen molar-refractivity contribution in [3.8, 4) is 0 Å². The standard InChI is InChI=1S/C13H23N3O4/c1-13(2,3)12(19)16-7-5-6-9(16)11(18)14-8-10(17)15(4)20/h9,20H,5-8H2,1-4H3,(H,14,18)/t9-/m0/s1. The number of amides is 3. The van der Waals surface area contributed by atoms with Crippen LogP contribution in [0.4, 0.5) is 0 Å². The SMILES string of the molecule is CN(O)C(=O)CNC(=O)[C@@H]1CCCN1C(=O)C(C)(C)C. The maximum atomic E-state index is 12.3. The van der Waals surface area contributed by atoms with E-state index in [2.05, 4.69) is 5.32 Å². The van der Waals surface area contributed by atoms with Crippen molar-refractivity contribution in [2.75, 3.05) is 20.1 Å². The minimum Gasteiger partial charge on any atom is -0.345 e. The minimum atomic E-state index is -0.606. The highest BCUT2D eigenvalue weighted by atomic mass is 16.5. The van der Waals surface area contributed by atoms with Gasteiger partial charge in [0.15, 0.2) is 0 Å². The van der Waals surface area contributed by atoms with Gasteiger partial charge in [-0.3, -0.25) is 19.6 Å². The van der Waals surface area contributed by atoms with Crippen LogP contribution in [0.5, 0.6) is 0 Å². The van der Waals surface area contributed by atoms with Crippen LogP contribution in [0.1, 0.15) is 33.6 Å². The number of hydrogen-bond donors (Lipinski definition) is 2. The molecule has 1 aliphatic heterocycles. The van der Waals surface area contributed by atoms with E-state index >= 15 is 0 Å². The third-order valence-electron chi connectivity index (χ3n) is 3.23. The molecule has 20 heavy (non-hydrogen) atoms. The fraction of sp³-hybridized carbons (Fsp3) is 0.769. The Balaban J connectivity index is 2.63. The highest BCUT2D eigenvalue weighted by Crippen LogP contribution is 2.25. The molecule has 0 aromatic heterocycles. The van der Waals surface area contributed by atoms with E-state index < -0.39 is 17.4 Å². The molecule has 0 radical (unpaired) electrons. The van der Waals surface area contributed by atoms with Crippen molar-refractivity contribution >= 4 is 17.7 Å². The monoisotopic (exact) mass is 285 g/mol. The second kappa shape index (κ2) is 6.21. The third-order valence-corrected chi connectivity index (χ3v) is 3.23. The molecule has 0 aliphatic carbocycles. The summed E-state index contributed by atoms with van der Waals surface area (Å²) in [5, 5.41) is 11.8. The second-order valence-electron chi connectivity index (χ2n) is 6.04. The largest absolute Gasteiger partial charge is 0.345 e. The van der Waals surface area contributed by atoms with Crippen molar-refractivity contribution in [2.24, 2.45) is 5.41 Å². The Bertz CT molecular complexity index is 401. The first kappa shape index (κ1) is 16.4. The smallest absolute Gasteiger partial charge is 0.265 e. The molecule has 1 atom stereocenters. The highest BCUT2D eigenvalue weighted by Gasteiger charge is 2.38. The van der Waals surface area contributed by atoms with Gasteiger partial charge in [0.1, 0.15) is 6.04 Å². The second-order valence-corrected chi connectivity index (χ2v) is 6.04. The van der Waals surface area contributed by atoms with Crippen molar-refractivity contribution in [2.45, 2.75) is 39.7 Å². The van der Waals surface area contributed by atoms with Crippen LogP contribution in [0.2, 0.25) is 0 Å². The van der Waals surface area contributed by atoms with Crippen molar-refractivity contribution in [3.63, 3.8) is 0 Å². The Morgan fingerprint density at radius 3 is 2.45 bits per heavy atom. The Morgan fingerprint density at radius 1 is 1.35 bits per heavy atom. The van der Waals surface area contributed by atoms with Gasteiger partial charge in [0.2, 0.25) is 11.8 Å². The fourth-order valence-corrected chi connectivity index (χ4v) is 2.11. The molecule has 1 heterocycles. The maximum Gasteiger partial charge on any atom is 0.265 e. The van der Waals surface area contributed by atoms with Crippen LogP contribution in [-0.2, 0) is 14.4 Å². The molecule has 3 amide bonds. The quantitative estimate of drug-likeness (QED) is 0.563. The van der Waals surface area contributed by atoms with E-state index in [1.807, 2.05) is 20.8 Å². The summed E-state index contributed by atoms with van der Waals surface area (Å²) < 4.78 is 0. The molecule has 2 N–H and O–H groups in total. The Hall–Kier alpha value is -1.63. The van der Waals surface area contributed by atoms with Crippen LogP contribution in [0.3, 0.4) is 0 Å². The predicted molar refractivity (Wildman–Crippen MR) is 71.8 cm³/mol. The number of likely N-dealkylation sites (N-methyl/N-ethyl adjacent to an activating group) is 1. The molecule has 0 saturated carbocycles. The van der Waals surface area contributed by atoms with Crippen LogP contribution in [0.25, 0.3) is 0 Å². The van der Waals surface area contributed by atoms with Crippen LogP contribution in [0, 0.1) is 5.41 Å². The van der Waals surface area contributed by atoms with Gasteiger partial charge in [0.05, 0.1) is 6.54 Å². The fourth-order valence-electron chi connectivity index (χ4n) is 2.11. The Kier molecular flexibility index (Phi) is 5.10. The molecule has 1 rings (SSSR count). The van der Waals surface area contributed by atoms with Gasteiger partial charge < -0.3 is 10.2 Å². The van der Waals surface area contributed by atoms with Gasteiger partial charge in [-0.2, -0.15) is 0 Å². The summed E-state index contributed by atoms with van der Waals surface area (Å²) in [6, 6.07) is -0.529. The molecule has 1 aliphatic rings. The lowest BCUT2D eigenvalue weighted by Gasteiger charge is -2.30. The lowest BCUT2D eigenvalue weighted by molar-refractivity contribution is -0.159. The van der Waals surface area contributed by atoms with Gasteiger partial charge in [0.25, 0.3) is 5.91 Å². The zero-order valence-electron chi connectivity index (χ0n) is 12.5. The first-order chi connectivity index (χ1) is 9.14. The van der Waals surface area contributed by atoms with Gasteiger partial charge in [-0.05, 0) is 12.8 Å². The summed E-state index contributed by atoms with van der Waals surface area (Å²) in [6.45, 7) is 5.72. The summed E-state index contributed by atoms with van der Waals surface area (Å²) in [4.78, 5) is 37.1. The normalized spacial score (nSPS) is 18.9. The number of rotatable bonds is 3. The van der Waals surface area contributed by atoms with E-state index in [-0.39, 0.29) is 18.4 Å². The number of nitrogens with one attached hydrogen (secondary N) is 1. The summed E-state index contributed by atoms with van der Waals surface area (Å²) in [6.07, 6.45) is 1.37. The zero-order chi connectivity index (χ0) is 15.5. The minimum absolute atomic E-state index is 0.0687. The molecule has 0 aromatic rings. The van der Waals surface area contributed by atoms with Crippen LogP contribution >= 0.6 is 0 Å². The number of hydrogen-bond acceptors (Lipinski definition) is 4. The van der Waals surface area contributed by atoms with Gasteiger partial charge in [-0.25, -0.2) is 5.06 Å². The van der Waals surface area contributed by atoms with Gasteiger partial charge in [-0.15, -0.1) is 0 Å². The van der Waals surface area contributed by atoms with Crippen molar-refractivity contribution in [3.05, 3.63) is 0 Å². The maximum absolute atomic E-state index is 12.3. The molecule has 0 spiro atoms. The molecule has 114 valence electrons. The molecule has 0 unspecified atom stereocenters. The van der Waals surface area contributed by atoms with E-state index in [1.165, 1.54) is 7.05 Å². The van der Waals surface area contributed by atoms with Crippen LogP contribution < -0.4 is 5.32 Å². The number of carbonyl (C=O) groups excluding carboxylic acids is 3. The van der Waals surface area contributed by atoms with E-state index in [0.29, 0.717) is 18.0 Å². The molecule has 1 saturated heterocycles. The number of carbonyl (C=O) groups is 3. The van der Waals surface area contributed by atoms with Gasteiger partial charge in [0, 0.05) is 19.0 Å². The molecular weight excluding hydrogens is 262 g/mol. The van der Waals surface area contributed by atoms with Gasteiger partial charge in [-0.1, -0.05) is 20.8 Å². The van der Waals surface area contributed by atoms with Crippen LogP contribution in [0.15, 0.2) is 0 Å². The molecular formula is C13H23N3O4. The Morgan fingerprint density at radius 2 is 1.95 bits per heavy atom. The Labute approximate surface area is 118 Å². The van der Waals surface area contributed by atoms with Crippen molar-refractivity contribution < 1.29 is 19.6 Å². The number of hydroxylamine groups is 2. The topological polar surface area (TPSA) is 89.9 Å². The summed E-state index contributed by atoms with van der Waals surface area (Å²) in [5.74, 6) is -1.03. The third kappa shape index (κ3) is 3.93. The average molecular weight is 285 g/mol. The van der Waals surface area contributed by atoms with Crippen molar-refractivity contribution in [1.82, 2.24) is 15.3 Å². The van der Waals surface area contributed by atoms with E-state index in [0.717, 1.165) is 6.42 Å². The molecule has 7 heteroatoms. The number of likely N-dealkylation sites (tertiary alicyclic amines) is 1. The highest BCUT2D eigenvalue weighted by molar-refractivity contribution is 5.92. The van der Waals surface area contributed by atoms with E-state index in [1.54, 1.807) is 4.90 Å². The molecule has 1 fully saturated rings. The van der Waals surface area contributed by atoms with Crippen molar-refractivity contribution in [1.29, 1.82) is 0 Å². The molecule has 7 nitrogen and oxygen atoms in total. The lowest BCUT2D eigenvalue weighted by Crippen LogP contribution is -2.50. The summed E-state index contributed by atoms with van der Waals surface area (Å²) in [7, 11) is 1.19. The average Bonchev–Trinajstić information content (AvgIpc) is 2.81. The number of nitrogens with zero attached hydrogens (tertiary/aromatic N) is 2. The zero-order valence-corrected chi connectivity index (χ0v) is 12.5.